The van der Waals surface area contributed by atoms with Crippen LogP contribution in [0.25, 0.3) is 0 Å². The number of cyclic esters (lactones) is 1. The Balaban J connectivity index is 2.02. The van der Waals surface area contributed by atoms with Gasteiger partial charge in [0.05, 0.1) is 0 Å². The maximum absolute atomic E-state index is 11.5. The lowest BCUT2D eigenvalue weighted by atomic mass is 10.2. The number of rotatable bonds is 5. The summed E-state index contributed by atoms with van der Waals surface area (Å²) in [5, 5.41) is 9.83. The predicted octanol–water partition coefficient (Wildman–Crippen LogP) is 2.72. The van der Waals surface area contributed by atoms with Crippen molar-refractivity contribution < 1.29 is 19.4 Å². The smallest absolute Gasteiger partial charge is 0.378 e. The van der Waals surface area contributed by atoms with Crippen molar-refractivity contribution in [2.24, 2.45) is 0 Å². The van der Waals surface area contributed by atoms with Gasteiger partial charge < -0.3 is 14.6 Å². The fourth-order valence-corrected chi connectivity index (χ4v) is 2.21. The zero-order chi connectivity index (χ0) is 13.0. The molecule has 4 nitrogen and oxygen atoms in total. The molecule has 1 heterocycles. The minimum absolute atomic E-state index is 0.0614. The molecule has 0 radical (unpaired) electrons. The summed E-state index contributed by atoms with van der Waals surface area (Å²) in [6.45, 7) is 0.242. The molecule has 0 amide bonds. The van der Waals surface area contributed by atoms with Gasteiger partial charge in [0, 0.05) is 10.8 Å². The van der Waals surface area contributed by atoms with Crippen molar-refractivity contribution >= 4 is 28.6 Å². The first-order valence-electron chi connectivity index (χ1n) is 5.59. The lowest BCUT2D eigenvalue weighted by Gasteiger charge is -2.06. The molecule has 0 bridgehead atoms. The normalized spacial score (nSPS) is 18.9. The molecule has 0 aliphatic carbocycles. The Morgan fingerprint density at radius 1 is 1.33 bits per heavy atom. The van der Waals surface area contributed by atoms with E-state index < -0.39 is 12.1 Å². The zero-order valence-electron chi connectivity index (χ0n) is 9.64. The van der Waals surface area contributed by atoms with E-state index in [2.05, 4.69) is 22.6 Å². The number of benzene rings is 1. The monoisotopic (exact) mass is 360 g/mol. The molecule has 1 aliphatic rings. The number of aliphatic hydroxyl groups is 1. The van der Waals surface area contributed by atoms with E-state index >= 15 is 0 Å². The van der Waals surface area contributed by atoms with E-state index in [9.17, 15) is 9.90 Å². The Morgan fingerprint density at radius 3 is 2.72 bits per heavy atom. The number of alkyl halides is 1. The van der Waals surface area contributed by atoms with E-state index in [-0.39, 0.29) is 18.1 Å². The minimum Gasteiger partial charge on any atom is -0.505 e. The van der Waals surface area contributed by atoms with Gasteiger partial charge in [-0.05, 0) is 5.56 Å². The number of hydrogen-bond donors (Lipinski definition) is 1. The van der Waals surface area contributed by atoms with E-state index in [4.69, 9.17) is 9.47 Å². The molecule has 1 N–H and O–H groups in total. The lowest BCUT2D eigenvalue weighted by molar-refractivity contribution is -0.143. The van der Waals surface area contributed by atoms with Crippen LogP contribution < -0.4 is 0 Å². The van der Waals surface area contributed by atoms with Crippen LogP contribution in [0.1, 0.15) is 12.0 Å². The molecule has 1 unspecified atom stereocenters. The molecule has 1 aromatic rings. The van der Waals surface area contributed by atoms with Crippen LogP contribution in [-0.4, -0.2) is 21.6 Å². The molecule has 1 aliphatic heterocycles. The minimum atomic E-state index is -0.585. The number of carbonyl (C=O) groups is 1. The molecule has 0 saturated heterocycles. The largest absolute Gasteiger partial charge is 0.505 e. The van der Waals surface area contributed by atoms with Gasteiger partial charge >= 0.3 is 5.97 Å². The summed E-state index contributed by atoms with van der Waals surface area (Å²) in [5.74, 6) is -0.736. The van der Waals surface area contributed by atoms with Crippen molar-refractivity contribution in [2.45, 2.75) is 19.1 Å². The van der Waals surface area contributed by atoms with Crippen molar-refractivity contribution in [2.75, 3.05) is 4.43 Å². The zero-order valence-corrected chi connectivity index (χ0v) is 11.8. The van der Waals surface area contributed by atoms with Gasteiger partial charge in [0.1, 0.15) is 6.61 Å². The van der Waals surface area contributed by atoms with Gasteiger partial charge in [0.25, 0.3) is 0 Å². The van der Waals surface area contributed by atoms with Crippen LogP contribution in [0.15, 0.2) is 41.9 Å². The number of hydrogen-bond acceptors (Lipinski definition) is 4. The number of aliphatic hydroxyl groups excluding tert-OH is 1. The summed E-state index contributed by atoms with van der Waals surface area (Å²) in [6, 6.07) is 9.46. The number of esters is 1. The number of carbonyl (C=O) groups excluding carboxylic acids is 1. The molecule has 0 fully saturated rings. The van der Waals surface area contributed by atoms with Gasteiger partial charge in [0.15, 0.2) is 11.9 Å². The highest BCUT2D eigenvalue weighted by Crippen LogP contribution is 2.25. The van der Waals surface area contributed by atoms with Gasteiger partial charge in [-0.3, -0.25) is 0 Å². The lowest BCUT2D eigenvalue weighted by Crippen LogP contribution is -2.11. The van der Waals surface area contributed by atoms with E-state index in [1.54, 1.807) is 0 Å². The van der Waals surface area contributed by atoms with Crippen molar-refractivity contribution in [1.82, 2.24) is 0 Å². The Kier molecular flexibility index (Phi) is 4.46. The first-order chi connectivity index (χ1) is 8.72. The predicted molar refractivity (Wildman–Crippen MR) is 74.3 cm³/mol. The topological polar surface area (TPSA) is 55.8 Å². The molecule has 2 rings (SSSR count). The van der Waals surface area contributed by atoms with Crippen LogP contribution in [0, 0.1) is 0 Å². The number of halogens is 1. The number of ether oxygens (including phenoxy) is 2. The second kappa shape index (κ2) is 6.08. The summed E-state index contributed by atoms with van der Waals surface area (Å²) in [7, 11) is 0. The first kappa shape index (κ1) is 13.2. The van der Waals surface area contributed by atoms with Crippen LogP contribution in [0.5, 0.6) is 0 Å². The van der Waals surface area contributed by atoms with Crippen LogP contribution >= 0.6 is 22.6 Å². The molecule has 0 aromatic heterocycles. The third-order valence-corrected chi connectivity index (χ3v) is 3.19. The summed E-state index contributed by atoms with van der Waals surface area (Å²) < 4.78 is 11.2. The average Bonchev–Trinajstić information content (AvgIpc) is 2.64. The van der Waals surface area contributed by atoms with Crippen molar-refractivity contribution in [3.05, 3.63) is 47.4 Å². The standard InChI is InChI=1S/C13H13IO4/c14-7-6-10-11(15)12(13(16)18-10)17-8-9-4-2-1-3-5-9/h1-5,10,15H,6-8H2. The Labute approximate surface area is 119 Å². The Morgan fingerprint density at radius 2 is 2.06 bits per heavy atom. The van der Waals surface area contributed by atoms with Gasteiger partial charge in [-0.25, -0.2) is 4.79 Å². The van der Waals surface area contributed by atoms with Crippen LogP contribution in [-0.2, 0) is 20.9 Å². The molecule has 1 aromatic carbocycles. The van der Waals surface area contributed by atoms with E-state index in [0.717, 1.165) is 9.99 Å². The molecule has 0 saturated carbocycles. The van der Waals surface area contributed by atoms with Crippen molar-refractivity contribution in [3.8, 4) is 0 Å². The molecular formula is C13H13IO4. The third-order valence-electron chi connectivity index (χ3n) is 2.57. The molecule has 18 heavy (non-hydrogen) atoms. The van der Waals surface area contributed by atoms with Crippen LogP contribution in [0.3, 0.4) is 0 Å². The fourth-order valence-electron chi connectivity index (χ4n) is 1.65. The maximum Gasteiger partial charge on any atom is 0.378 e. The van der Waals surface area contributed by atoms with Gasteiger partial charge in [-0.2, -0.15) is 0 Å². The van der Waals surface area contributed by atoms with E-state index in [1.165, 1.54) is 0 Å². The Hall–Kier alpha value is -1.24. The summed E-state index contributed by atoms with van der Waals surface area (Å²) in [4.78, 5) is 11.5. The summed E-state index contributed by atoms with van der Waals surface area (Å²) in [6.07, 6.45) is 0.0382. The highest BCUT2D eigenvalue weighted by atomic mass is 127. The molecule has 96 valence electrons. The molecule has 0 spiro atoms. The quantitative estimate of drug-likeness (QED) is 0.499. The Bertz CT molecular complexity index is 455. The van der Waals surface area contributed by atoms with Crippen LogP contribution in [0.4, 0.5) is 0 Å². The van der Waals surface area contributed by atoms with Crippen molar-refractivity contribution in [3.63, 3.8) is 0 Å². The second-order valence-electron chi connectivity index (χ2n) is 3.86. The average molecular weight is 360 g/mol. The fraction of sp³-hybridized carbons (Fsp3) is 0.308. The highest BCUT2D eigenvalue weighted by molar-refractivity contribution is 14.1. The van der Waals surface area contributed by atoms with Crippen LogP contribution in [0.2, 0.25) is 0 Å². The highest BCUT2D eigenvalue weighted by Gasteiger charge is 2.35. The second-order valence-corrected chi connectivity index (χ2v) is 4.94. The first-order valence-corrected chi connectivity index (χ1v) is 7.11. The molecule has 1 atom stereocenters. The summed E-state index contributed by atoms with van der Waals surface area (Å²) in [5.41, 5.74) is 0.933. The van der Waals surface area contributed by atoms with Gasteiger partial charge in [-0.1, -0.05) is 52.9 Å². The third kappa shape index (κ3) is 2.95. The van der Waals surface area contributed by atoms with E-state index in [1.807, 2.05) is 30.3 Å². The molecular weight excluding hydrogens is 347 g/mol. The van der Waals surface area contributed by atoms with Gasteiger partial charge in [0.2, 0.25) is 5.76 Å². The van der Waals surface area contributed by atoms with Gasteiger partial charge in [-0.15, -0.1) is 0 Å². The SMILES string of the molecule is O=C1OC(CCI)C(O)=C1OCc1ccccc1. The summed E-state index contributed by atoms with van der Waals surface area (Å²) >= 11 is 2.17. The van der Waals surface area contributed by atoms with E-state index in [0.29, 0.717) is 6.42 Å². The molecule has 5 heteroatoms. The maximum atomic E-state index is 11.5. The van der Waals surface area contributed by atoms with Crippen molar-refractivity contribution in [1.29, 1.82) is 0 Å².